The summed E-state index contributed by atoms with van der Waals surface area (Å²) in [6, 6.07) is 4.08. The van der Waals surface area contributed by atoms with E-state index >= 15 is 0 Å². The van der Waals surface area contributed by atoms with Crippen molar-refractivity contribution in [3.05, 3.63) is 12.4 Å². The van der Waals surface area contributed by atoms with E-state index in [0.717, 1.165) is 24.7 Å². The van der Waals surface area contributed by atoms with Crippen LogP contribution in [0.25, 0.3) is 0 Å². The van der Waals surface area contributed by atoms with Gasteiger partial charge in [-0.2, -0.15) is 5.26 Å². The molecule has 1 saturated heterocycles. The van der Waals surface area contributed by atoms with E-state index in [0.29, 0.717) is 13.0 Å². The van der Waals surface area contributed by atoms with Crippen molar-refractivity contribution in [2.45, 2.75) is 32.1 Å². The van der Waals surface area contributed by atoms with Crippen LogP contribution < -0.4 is 10.2 Å². The summed E-state index contributed by atoms with van der Waals surface area (Å²) in [5, 5.41) is 11.6. The summed E-state index contributed by atoms with van der Waals surface area (Å²) in [6.45, 7) is 2.79. The molecule has 1 fully saturated rings. The molecule has 5 nitrogen and oxygen atoms in total. The Hall–Kier alpha value is -1.83. The first-order valence-corrected chi connectivity index (χ1v) is 6.58. The van der Waals surface area contributed by atoms with Crippen LogP contribution in [-0.2, 0) is 0 Å². The number of nitrogens with one attached hydrogen (secondary N) is 1. The highest BCUT2D eigenvalue weighted by molar-refractivity contribution is 5.48. The first kappa shape index (κ1) is 12.6. The van der Waals surface area contributed by atoms with Crippen LogP contribution >= 0.6 is 0 Å². The fourth-order valence-electron chi connectivity index (χ4n) is 2.16. The van der Waals surface area contributed by atoms with Crippen LogP contribution in [-0.4, -0.2) is 29.6 Å². The maximum Gasteiger partial charge on any atom is 0.134 e. The topological polar surface area (TPSA) is 64.8 Å². The standard InChI is InChI=1S/C13H19N5/c14-6-5-7-15-12-10-13(17-11-16-12)18-8-3-1-2-4-9-18/h10-11H,1-5,7-9H2,(H,15,16,17). The molecule has 0 bridgehead atoms. The Morgan fingerprint density at radius 3 is 2.72 bits per heavy atom. The second-order valence-corrected chi connectivity index (χ2v) is 4.50. The number of nitrogens with zero attached hydrogens (tertiary/aromatic N) is 4. The molecule has 0 atom stereocenters. The summed E-state index contributed by atoms with van der Waals surface area (Å²) in [7, 11) is 0. The summed E-state index contributed by atoms with van der Waals surface area (Å²) in [5.74, 6) is 1.80. The second kappa shape index (κ2) is 6.80. The smallest absolute Gasteiger partial charge is 0.134 e. The van der Waals surface area contributed by atoms with E-state index in [1.807, 2.05) is 6.07 Å². The maximum absolute atomic E-state index is 8.50. The average Bonchev–Trinajstić information content (AvgIpc) is 2.68. The maximum atomic E-state index is 8.50. The molecule has 0 saturated carbocycles. The predicted molar refractivity (Wildman–Crippen MR) is 71.4 cm³/mol. The number of nitriles is 1. The lowest BCUT2D eigenvalue weighted by atomic mass is 10.2. The molecule has 1 aliphatic heterocycles. The Kier molecular flexibility index (Phi) is 4.77. The van der Waals surface area contributed by atoms with Crippen molar-refractivity contribution in [1.29, 1.82) is 5.26 Å². The molecular formula is C13H19N5. The third kappa shape index (κ3) is 3.59. The molecule has 5 heteroatoms. The molecular weight excluding hydrogens is 226 g/mol. The van der Waals surface area contributed by atoms with Crippen LogP contribution in [0.15, 0.2) is 12.4 Å². The van der Waals surface area contributed by atoms with Crippen molar-refractivity contribution in [3.8, 4) is 6.07 Å². The Morgan fingerprint density at radius 2 is 2.00 bits per heavy atom. The van der Waals surface area contributed by atoms with Gasteiger partial charge < -0.3 is 10.2 Å². The lowest BCUT2D eigenvalue weighted by molar-refractivity contribution is 0.726. The van der Waals surface area contributed by atoms with E-state index in [4.69, 9.17) is 5.26 Å². The molecule has 2 heterocycles. The highest BCUT2D eigenvalue weighted by atomic mass is 15.2. The molecule has 1 N–H and O–H groups in total. The number of aromatic nitrogens is 2. The average molecular weight is 245 g/mol. The minimum atomic E-state index is 0.489. The van der Waals surface area contributed by atoms with Gasteiger partial charge in [-0.15, -0.1) is 0 Å². The Labute approximate surface area is 108 Å². The zero-order chi connectivity index (χ0) is 12.6. The molecule has 0 spiro atoms. The molecule has 0 unspecified atom stereocenters. The Balaban J connectivity index is 1.99. The van der Waals surface area contributed by atoms with Crippen molar-refractivity contribution in [1.82, 2.24) is 9.97 Å². The van der Waals surface area contributed by atoms with Crippen LogP contribution in [0.1, 0.15) is 32.1 Å². The van der Waals surface area contributed by atoms with Crippen LogP contribution in [0, 0.1) is 11.3 Å². The van der Waals surface area contributed by atoms with Gasteiger partial charge in [0.1, 0.15) is 18.0 Å². The molecule has 1 aromatic rings. The van der Waals surface area contributed by atoms with Gasteiger partial charge in [-0.25, -0.2) is 9.97 Å². The van der Waals surface area contributed by atoms with Gasteiger partial charge in [0, 0.05) is 25.7 Å². The fraction of sp³-hybridized carbons (Fsp3) is 0.615. The minimum Gasteiger partial charge on any atom is -0.369 e. The lowest BCUT2D eigenvalue weighted by Gasteiger charge is -2.21. The van der Waals surface area contributed by atoms with Gasteiger partial charge in [0.05, 0.1) is 12.5 Å². The number of anilines is 2. The normalized spacial score (nSPS) is 15.8. The highest BCUT2D eigenvalue weighted by Crippen LogP contribution is 2.18. The van der Waals surface area contributed by atoms with Gasteiger partial charge in [-0.3, -0.25) is 0 Å². The van der Waals surface area contributed by atoms with Gasteiger partial charge in [0.15, 0.2) is 0 Å². The SMILES string of the molecule is N#CCCNc1cc(N2CCCCCC2)ncn1. The van der Waals surface area contributed by atoms with Crippen LogP contribution in [0.5, 0.6) is 0 Å². The van der Waals surface area contributed by atoms with Crippen molar-refractivity contribution in [2.75, 3.05) is 29.9 Å². The van der Waals surface area contributed by atoms with E-state index in [1.54, 1.807) is 6.33 Å². The lowest BCUT2D eigenvalue weighted by Crippen LogP contribution is -2.25. The van der Waals surface area contributed by atoms with Crippen LogP contribution in [0.4, 0.5) is 11.6 Å². The summed E-state index contributed by atoms with van der Waals surface area (Å²) in [5.41, 5.74) is 0. The monoisotopic (exact) mass is 245 g/mol. The van der Waals surface area contributed by atoms with E-state index in [1.165, 1.54) is 25.7 Å². The van der Waals surface area contributed by atoms with Crippen molar-refractivity contribution < 1.29 is 0 Å². The third-order valence-electron chi connectivity index (χ3n) is 3.13. The molecule has 96 valence electrons. The predicted octanol–water partition coefficient (Wildman–Crippen LogP) is 2.18. The van der Waals surface area contributed by atoms with E-state index in [-0.39, 0.29) is 0 Å². The number of hydrogen-bond donors (Lipinski definition) is 1. The Bertz CT molecular complexity index is 404. The third-order valence-corrected chi connectivity index (χ3v) is 3.13. The molecule has 18 heavy (non-hydrogen) atoms. The molecule has 2 rings (SSSR count). The van der Waals surface area contributed by atoms with Gasteiger partial charge in [-0.1, -0.05) is 12.8 Å². The number of rotatable bonds is 4. The minimum absolute atomic E-state index is 0.489. The summed E-state index contributed by atoms with van der Waals surface area (Å²) >= 11 is 0. The van der Waals surface area contributed by atoms with Crippen molar-refractivity contribution in [2.24, 2.45) is 0 Å². The van der Waals surface area contributed by atoms with Crippen LogP contribution in [0.2, 0.25) is 0 Å². The van der Waals surface area contributed by atoms with Gasteiger partial charge in [0.25, 0.3) is 0 Å². The molecule has 0 aromatic carbocycles. The summed E-state index contributed by atoms with van der Waals surface area (Å²) in [4.78, 5) is 10.8. The Morgan fingerprint density at radius 1 is 1.22 bits per heavy atom. The van der Waals surface area contributed by atoms with E-state index in [9.17, 15) is 0 Å². The molecule has 0 aliphatic carbocycles. The van der Waals surface area contributed by atoms with Crippen molar-refractivity contribution >= 4 is 11.6 Å². The zero-order valence-electron chi connectivity index (χ0n) is 10.6. The quantitative estimate of drug-likeness (QED) is 0.824. The fourth-order valence-corrected chi connectivity index (χ4v) is 2.16. The first-order valence-electron chi connectivity index (χ1n) is 6.58. The van der Waals surface area contributed by atoms with Gasteiger partial charge in [0.2, 0.25) is 0 Å². The summed E-state index contributed by atoms with van der Waals surface area (Å²) < 4.78 is 0. The molecule has 1 aliphatic rings. The number of hydrogen-bond acceptors (Lipinski definition) is 5. The first-order chi connectivity index (χ1) is 8.90. The zero-order valence-corrected chi connectivity index (χ0v) is 10.6. The van der Waals surface area contributed by atoms with Gasteiger partial charge in [-0.05, 0) is 12.8 Å². The van der Waals surface area contributed by atoms with Gasteiger partial charge >= 0.3 is 0 Å². The highest BCUT2D eigenvalue weighted by Gasteiger charge is 2.11. The second-order valence-electron chi connectivity index (χ2n) is 4.50. The molecule has 0 amide bonds. The molecule has 1 aromatic heterocycles. The van der Waals surface area contributed by atoms with E-state index < -0.39 is 0 Å². The van der Waals surface area contributed by atoms with Crippen molar-refractivity contribution in [3.63, 3.8) is 0 Å². The summed E-state index contributed by atoms with van der Waals surface area (Å²) in [6.07, 6.45) is 7.18. The largest absolute Gasteiger partial charge is 0.369 e. The molecule has 0 radical (unpaired) electrons. The van der Waals surface area contributed by atoms with Crippen LogP contribution in [0.3, 0.4) is 0 Å². The van der Waals surface area contributed by atoms with E-state index in [2.05, 4.69) is 26.3 Å².